The van der Waals surface area contributed by atoms with Crippen molar-refractivity contribution in [3.8, 4) is 0 Å². The van der Waals surface area contributed by atoms with E-state index in [-0.39, 0.29) is 11.8 Å². The zero-order valence-corrected chi connectivity index (χ0v) is 8.32. The first-order valence-electron chi connectivity index (χ1n) is 5.10. The van der Waals surface area contributed by atoms with Crippen molar-refractivity contribution in [3.05, 3.63) is 0 Å². The van der Waals surface area contributed by atoms with Crippen LogP contribution in [0.3, 0.4) is 0 Å². The summed E-state index contributed by atoms with van der Waals surface area (Å²) >= 11 is 0. The molecule has 0 spiro atoms. The van der Waals surface area contributed by atoms with E-state index in [4.69, 9.17) is 0 Å². The molecule has 14 heavy (non-hydrogen) atoms. The third kappa shape index (κ3) is 1.21. The fourth-order valence-electron chi connectivity index (χ4n) is 2.30. The van der Waals surface area contributed by atoms with Gasteiger partial charge in [-0.25, -0.2) is 4.79 Å². The van der Waals surface area contributed by atoms with E-state index in [1.54, 1.807) is 11.8 Å². The number of carboxylic acids is 1. The average molecular weight is 197 g/mol. The molecular formula is C10H15NO3. The first-order chi connectivity index (χ1) is 6.56. The second-order valence-electron chi connectivity index (χ2n) is 4.38. The molecule has 1 unspecified atom stereocenters. The minimum absolute atomic E-state index is 0.00167. The molecule has 1 saturated heterocycles. The molecule has 0 radical (unpaired) electrons. The van der Waals surface area contributed by atoms with Gasteiger partial charge < -0.3 is 10.0 Å². The first kappa shape index (κ1) is 9.49. The van der Waals surface area contributed by atoms with Gasteiger partial charge in [0, 0.05) is 13.0 Å². The Morgan fingerprint density at radius 2 is 2.21 bits per heavy atom. The van der Waals surface area contributed by atoms with Crippen molar-refractivity contribution in [2.75, 3.05) is 6.54 Å². The van der Waals surface area contributed by atoms with Gasteiger partial charge in [-0.05, 0) is 32.1 Å². The maximum absolute atomic E-state index is 11.5. The summed E-state index contributed by atoms with van der Waals surface area (Å²) in [7, 11) is 0. The molecule has 0 aromatic rings. The van der Waals surface area contributed by atoms with Gasteiger partial charge in [-0.2, -0.15) is 0 Å². The summed E-state index contributed by atoms with van der Waals surface area (Å²) in [6, 6.07) is 0. The Balaban J connectivity index is 2.25. The number of likely N-dealkylation sites (tertiary alicyclic amines) is 1. The average Bonchev–Trinajstić information content (AvgIpc) is 2.88. The fraction of sp³-hybridized carbons (Fsp3) is 0.800. The molecule has 2 rings (SSSR count). The van der Waals surface area contributed by atoms with E-state index in [9.17, 15) is 14.7 Å². The van der Waals surface area contributed by atoms with Crippen LogP contribution in [0.5, 0.6) is 0 Å². The Labute approximate surface area is 82.9 Å². The molecule has 1 aliphatic heterocycles. The Hall–Kier alpha value is -1.06. The maximum Gasteiger partial charge on any atom is 0.329 e. The lowest BCUT2D eigenvalue weighted by molar-refractivity contribution is -0.157. The summed E-state index contributed by atoms with van der Waals surface area (Å²) in [5.41, 5.74) is -0.937. The predicted octanol–water partition coefficient (Wildman–Crippen LogP) is 0.862. The summed E-state index contributed by atoms with van der Waals surface area (Å²) in [6.07, 6.45) is 3.18. The van der Waals surface area contributed by atoms with E-state index in [1.807, 2.05) is 0 Å². The molecule has 0 aromatic carbocycles. The molecule has 0 aromatic heterocycles. The monoisotopic (exact) mass is 197 g/mol. The number of rotatable bonds is 3. The van der Waals surface area contributed by atoms with Gasteiger partial charge in [0.1, 0.15) is 5.54 Å². The van der Waals surface area contributed by atoms with E-state index < -0.39 is 11.5 Å². The standard InChI is InChI=1S/C10H15NO3/c1-10(9(13)14,7-4-5-7)11-6-2-3-8(11)12/h7H,2-6H2,1H3,(H,13,14). The van der Waals surface area contributed by atoms with Crippen LogP contribution in [0.1, 0.15) is 32.6 Å². The maximum atomic E-state index is 11.5. The van der Waals surface area contributed by atoms with Gasteiger partial charge in [-0.3, -0.25) is 4.79 Å². The molecule has 1 amide bonds. The number of aliphatic carboxylic acids is 1. The van der Waals surface area contributed by atoms with Crippen LogP contribution in [0.4, 0.5) is 0 Å². The molecule has 2 aliphatic rings. The molecule has 1 atom stereocenters. The van der Waals surface area contributed by atoms with E-state index in [1.165, 1.54) is 0 Å². The molecule has 78 valence electrons. The SMILES string of the molecule is CC(C(=O)O)(C1CC1)N1CCCC1=O. The van der Waals surface area contributed by atoms with Crippen LogP contribution in [0.25, 0.3) is 0 Å². The lowest BCUT2D eigenvalue weighted by Crippen LogP contribution is -2.54. The van der Waals surface area contributed by atoms with Crippen molar-refractivity contribution in [2.45, 2.75) is 38.1 Å². The molecular weight excluding hydrogens is 182 g/mol. The number of carbonyl (C=O) groups is 2. The van der Waals surface area contributed by atoms with Gasteiger partial charge >= 0.3 is 5.97 Å². The zero-order valence-electron chi connectivity index (χ0n) is 8.32. The smallest absolute Gasteiger partial charge is 0.329 e. The zero-order chi connectivity index (χ0) is 10.3. The number of carbonyl (C=O) groups excluding carboxylic acids is 1. The van der Waals surface area contributed by atoms with Crippen LogP contribution < -0.4 is 0 Å². The third-order valence-corrected chi connectivity index (χ3v) is 3.44. The first-order valence-corrected chi connectivity index (χ1v) is 5.10. The second kappa shape index (κ2) is 2.97. The van der Waals surface area contributed by atoms with Crippen LogP contribution in [0.15, 0.2) is 0 Å². The molecule has 1 saturated carbocycles. The summed E-state index contributed by atoms with van der Waals surface area (Å²) in [5, 5.41) is 9.23. The van der Waals surface area contributed by atoms with Crippen molar-refractivity contribution in [2.24, 2.45) is 5.92 Å². The van der Waals surface area contributed by atoms with Crippen LogP contribution in [0, 0.1) is 5.92 Å². The number of carboxylic acid groups (broad SMARTS) is 1. The highest BCUT2D eigenvalue weighted by molar-refractivity contribution is 5.88. The highest BCUT2D eigenvalue weighted by atomic mass is 16.4. The van der Waals surface area contributed by atoms with Crippen molar-refractivity contribution in [1.82, 2.24) is 4.90 Å². The molecule has 2 fully saturated rings. The van der Waals surface area contributed by atoms with E-state index in [0.29, 0.717) is 13.0 Å². The van der Waals surface area contributed by atoms with Crippen molar-refractivity contribution < 1.29 is 14.7 Å². The Morgan fingerprint density at radius 3 is 2.57 bits per heavy atom. The minimum Gasteiger partial charge on any atom is -0.479 e. The Bertz CT molecular complexity index is 285. The summed E-state index contributed by atoms with van der Waals surface area (Å²) in [6.45, 7) is 2.30. The fourth-order valence-corrected chi connectivity index (χ4v) is 2.30. The van der Waals surface area contributed by atoms with Crippen LogP contribution in [0.2, 0.25) is 0 Å². The van der Waals surface area contributed by atoms with E-state index >= 15 is 0 Å². The molecule has 1 N–H and O–H groups in total. The van der Waals surface area contributed by atoms with Crippen molar-refractivity contribution >= 4 is 11.9 Å². The molecule has 1 heterocycles. The van der Waals surface area contributed by atoms with Gasteiger partial charge in [0.15, 0.2) is 0 Å². The summed E-state index contributed by atoms with van der Waals surface area (Å²) in [5.74, 6) is -0.681. The highest BCUT2D eigenvalue weighted by Gasteiger charge is 2.53. The van der Waals surface area contributed by atoms with E-state index in [2.05, 4.69) is 0 Å². The Morgan fingerprint density at radius 1 is 1.57 bits per heavy atom. The predicted molar refractivity (Wildman–Crippen MR) is 49.7 cm³/mol. The molecule has 0 bridgehead atoms. The normalized spacial score (nSPS) is 26.4. The lowest BCUT2D eigenvalue weighted by Gasteiger charge is -2.35. The number of amides is 1. The van der Waals surface area contributed by atoms with Gasteiger partial charge in [-0.15, -0.1) is 0 Å². The van der Waals surface area contributed by atoms with Crippen LogP contribution >= 0.6 is 0 Å². The van der Waals surface area contributed by atoms with Crippen LogP contribution in [-0.4, -0.2) is 34.0 Å². The minimum atomic E-state index is -0.937. The molecule has 1 aliphatic carbocycles. The van der Waals surface area contributed by atoms with Crippen LogP contribution in [-0.2, 0) is 9.59 Å². The highest BCUT2D eigenvalue weighted by Crippen LogP contribution is 2.44. The third-order valence-electron chi connectivity index (χ3n) is 3.44. The number of hydrogen-bond acceptors (Lipinski definition) is 2. The number of nitrogens with zero attached hydrogens (tertiary/aromatic N) is 1. The molecule has 4 heteroatoms. The lowest BCUT2D eigenvalue weighted by atomic mass is 9.94. The van der Waals surface area contributed by atoms with Gasteiger partial charge in [0.05, 0.1) is 0 Å². The van der Waals surface area contributed by atoms with E-state index in [0.717, 1.165) is 19.3 Å². The van der Waals surface area contributed by atoms with Gasteiger partial charge in [0.25, 0.3) is 0 Å². The van der Waals surface area contributed by atoms with Gasteiger partial charge in [-0.1, -0.05) is 0 Å². The van der Waals surface area contributed by atoms with Gasteiger partial charge in [0.2, 0.25) is 5.91 Å². The summed E-state index contributed by atoms with van der Waals surface area (Å²) in [4.78, 5) is 24.3. The van der Waals surface area contributed by atoms with Crippen molar-refractivity contribution in [3.63, 3.8) is 0 Å². The molecule has 4 nitrogen and oxygen atoms in total. The quantitative estimate of drug-likeness (QED) is 0.730. The Kier molecular flexibility index (Phi) is 2.01. The van der Waals surface area contributed by atoms with Crippen molar-refractivity contribution in [1.29, 1.82) is 0 Å². The largest absolute Gasteiger partial charge is 0.479 e. The summed E-state index contributed by atoms with van der Waals surface area (Å²) < 4.78 is 0. The number of hydrogen-bond donors (Lipinski definition) is 1. The topological polar surface area (TPSA) is 57.6 Å². The second-order valence-corrected chi connectivity index (χ2v) is 4.38.